The summed E-state index contributed by atoms with van der Waals surface area (Å²) in [5.41, 5.74) is 8.99. The first-order chi connectivity index (χ1) is 12.4. The fourth-order valence-electron chi connectivity index (χ4n) is 3.40. The molecule has 0 radical (unpaired) electrons. The van der Waals surface area contributed by atoms with Crippen molar-refractivity contribution in [1.29, 1.82) is 0 Å². The van der Waals surface area contributed by atoms with Crippen LogP contribution in [0.4, 0.5) is 0 Å². The predicted molar refractivity (Wildman–Crippen MR) is 98.5 cm³/mol. The smallest absolute Gasteiger partial charge is 0.320 e. The third kappa shape index (κ3) is 3.78. The predicted octanol–water partition coefficient (Wildman–Crippen LogP) is 3.01. The van der Waals surface area contributed by atoms with E-state index < -0.39 is 17.5 Å². The van der Waals surface area contributed by atoms with Crippen molar-refractivity contribution in [2.75, 3.05) is 13.2 Å². The number of carbonyl (C=O) groups excluding carboxylic acids is 2. The molecule has 0 saturated heterocycles. The van der Waals surface area contributed by atoms with Gasteiger partial charge in [-0.1, -0.05) is 48.5 Å². The fourth-order valence-corrected chi connectivity index (χ4v) is 3.40. The zero-order chi connectivity index (χ0) is 18.7. The second-order valence-corrected chi connectivity index (χ2v) is 7.02. The zero-order valence-electron chi connectivity index (χ0n) is 15.0. The Bertz CT molecular complexity index is 783. The molecular weight excluding hydrogens is 330 g/mol. The second-order valence-electron chi connectivity index (χ2n) is 7.02. The van der Waals surface area contributed by atoms with Gasteiger partial charge < -0.3 is 15.2 Å². The van der Waals surface area contributed by atoms with Gasteiger partial charge in [-0.2, -0.15) is 0 Å². The van der Waals surface area contributed by atoms with Crippen molar-refractivity contribution in [1.82, 2.24) is 0 Å². The summed E-state index contributed by atoms with van der Waals surface area (Å²) in [4.78, 5) is 23.6. The molecule has 2 aromatic carbocycles. The molecule has 5 nitrogen and oxygen atoms in total. The highest BCUT2D eigenvalue weighted by Crippen LogP contribution is 2.44. The molecule has 0 fully saturated rings. The Kier molecular flexibility index (Phi) is 5.09. The van der Waals surface area contributed by atoms with Crippen LogP contribution in [0.2, 0.25) is 0 Å². The minimum Gasteiger partial charge on any atom is -0.465 e. The molecule has 1 aliphatic carbocycles. The van der Waals surface area contributed by atoms with Crippen LogP contribution in [0.5, 0.6) is 0 Å². The van der Waals surface area contributed by atoms with Crippen LogP contribution in [0.15, 0.2) is 48.5 Å². The van der Waals surface area contributed by atoms with Crippen molar-refractivity contribution in [2.45, 2.75) is 31.8 Å². The Hall–Kier alpha value is -2.66. The van der Waals surface area contributed by atoms with E-state index in [1.165, 1.54) is 11.1 Å². The highest BCUT2D eigenvalue weighted by Gasteiger charge is 2.31. The average molecular weight is 353 g/mol. The van der Waals surface area contributed by atoms with E-state index in [9.17, 15) is 9.59 Å². The summed E-state index contributed by atoms with van der Waals surface area (Å²) in [6.07, 6.45) is -0.0191. The number of benzene rings is 2. The number of nitrogens with two attached hydrogens (primary N) is 1. The van der Waals surface area contributed by atoms with E-state index in [1.54, 1.807) is 13.8 Å². The monoisotopic (exact) mass is 353 g/mol. The van der Waals surface area contributed by atoms with Gasteiger partial charge >= 0.3 is 11.9 Å². The van der Waals surface area contributed by atoms with E-state index in [0.717, 1.165) is 11.1 Å². The largest absolute Gasteiger partial charge is 0.465 e. The maximum atomic E-state index is 12.3. The minimum atomic E-state index is -0.945. The molecule has 0 spiro atoms. The van der Waals surface area contributed by atoms with Gasteiger partial charge in [0.05, 0.1) is 13.0 Å². The van der Waals surface area contributed by atoms with Crippen molar-refractivity contribution in [3.63, 3.8) is 0 Å². The first kappa shape index (κ1) is 18.1. The summed E-state index contributed by atoms with van der Waals surface area (Å²) in [6, 6.07) is 16.3. The minimum absolute atomic E-state index is 0.0149. The Morgan fingerprint density at radius 2 is 1.50 bits per heavy atom. The van der Waals surface area contributed by atoms with Crippen LogP contribution in [-0.2, 0) is 19.1 Å². The lowest BCUT2D eigenvalue weighted by Gasteiger charge is -2.24. The van der Waals surface area contributed by atoms with Gasteiger partial charge in [-0.05, 0) is 36.1 Å². The van der Waals surface area contributed by atoms with Gasteiger partial charge in [0.1, 0.15) is 12.2 Å². The van der Waals surface area contributed by atoms with Crippen molar-refractivity contribution in [3.8, 4) is 11.1 Å². The molecule has 136 valence electrons. The summed E-state index contributed by atoms with van der Waals surface area (Å²) < 4.78 is 10.7. The lowest BCUT2D eigenvalue weighted by Crippen LogP contribution is -2.34. The van der Waals surface area contributed by atoms with Crippen molar-refractivity contribution >= 4 is 11.9 Å². The number of hydrogen-bond donors (Lipinski definition) is 1. The number of esters is 2. The maximum Gasteiger partial charge on any atom is 0.320 e. The Morgan fingerprint density at radius 3 is 2.04 bits per heavy atom. The van der Waals surface area contributed by atoms with Gasteiger partial charge in [-0.25, -0.2) is 0 Å². The Balaban J connectivity index is 1.68. The van der Waals surface area contributed by atoms with Crippen LogP contribution in [0.25, 0.3) is 11.1 Å². The third-order valence-electron chi connectivity index (χ3n) is 4.50. The summed E-state index contributed by atoms with van der Waals surface area (Å²) >= 11 is 0. The van der Waals surface area contributed by atoms with Crippen LogP contribution in [0.3, 0.4) is 0 Å². The van der Waals surface area contributed by atoms with E-state index in [0.29, 0.717) is 0 Å². The lowest BCUT2D eigenvalue weighted by atomic mass is 9.98. The molecule has 0 unspecified atom stereocenters. The highest BCUT2D eigenvalue weighted by molar-refractivity contribution is 5.79. The SMILES string of the molecule is CC(C)(CC(=O)OCC1c2ccccc2-c2ccccc21)OC(=O)CN. The number of ether oxygens (including phenoxy) is 2. The van der Waals surface area contributed by atoms with Gasteiger partial charge in [-0.15, -0.1) is 0 Å². The molecule has 0 atom stereocenters. The van der Waals surface area contributed by atoms with Crippen LogP contribution in [0, 0.1) is 0 Å². The summed E-state index contributed by atoms with van der Waals surface area (Å²) in [7, 11) is 0. The molecule has 0 aliphatic heterocycles. The first-order valence-electron chi connectivity index (χ1n) is 8.67. The number of rotatable bonds is 6. The van der Waals surface area contributed by atoms with Crippen LogP contribution < -0.4 is 5.73 Å². The van der Waals surface area contributed by atoms with E-state index in [-0.39, 0.29) is 25.5 Å². The lowest BCUT2D eigenvalue weighted by molar-refractivity contribution is -0.161. The second kappa shape index (κ2) is 7.30. The average Bonchev–Trinajstić information content (AvgIpc) is 2.93. The Labute approximate surface area is 153 Å². The van der Waals surface area contributed by atoms with Gasteiger partial charge in [-0.3, -0.25) is 9.59 Å². The molecule has 3 rings (SSSR count). The first-order valence-corrected chi connectivity index (χ1v) is 8.67. The van der Waals surface area contributed by atoms with Gasteiger partial charge in [0.2, 0.25) is 0 Å². The molecule has 5 heteroatoms. The fraction of sp³-hybridized carbons (Fsp3) is 0.333. The molecule has 0 bridgehead atoms. The van der Waals surface area contributed by atoms with Crippen LogP contribution in [0.1, 0.15) is 37.3 Å². The quantitative estimate of drug-likeness (QED) is 0.808. The molecular formula is C21H23NO4. The molecule has 1 aliphatic rings. The third-order valence-corrected chi connectivity index (χ3v) is 4.50. The topological polar surface area (TPSA) is 78.6 Å². The van der Waals surface area contributed by atoms with E-state index in [4.69, 9.17) is 15.2 Å². The van der Waals surface area contributed by atoms with Crippen LogP contribution >= 0.6 is 0 Å². The molecule has 0 aromatic heterocycles. The molecule has 2 N–H and O–H groups in total. The zero-order valence-corrected chi connectivity index (χ0v) is 15.0. The molecule has 0 amide bonds. The van der Waals surface area contributed by atoms with Crippen molar-refractivity contribution < 1.29 is 19.1 Å². The standard InChI is InChI=1S/C21H23NO4/c1-21(2,26-20(24)12-22)11-19(23)25-13-18-16-9-5-3-7-14(16)15-8-4-6-10-17(15)18/h3-10,18H,11-13,22H2,1-2H3. The molecule has 2 aromatic rings. The number of carbonyl (C=O) groups is 2. The maximum absolute atomic E-state index is 12.3. The van der Waals surface area contributed by atoms with Crippen molar-refractivity contribution in [3.05, 3.63) is 59.7 Å². The summed E-state index contributed by atoms with van der Waals surface area (Å²) in [5.74, 6) is -0.927. The highest BCUT2D eigenvalue weighted by atomic mass is 16.6. The van der Waals surface area contributed by atoms with Gasteiger partial charge in [0.15, 0.2) is 0 Å². The molecule has 26 heavy (non-hydrogen) atoms. The van der Waals surface area contributed by atoms with Gasteiger partial charge in [0, 0.05) is 5.92 Å². The molecule has 0 heterocycles. The summed E-state index contributed by atoms with van der Waals surface area (Å²) in [6.45, 7) is 3.38. The van der Waals surface area contributed by atoms with E-state index >= 15 is 0 Å². The summed E-state index contributed by atoms with van der Waals surface area (Å²) in [5, 5.41) is 0. The number of fused-ring (bicyclic) bond motifs is 3. The Morgan fingerprint density at radius 1 is 0.962 bits per heavy atom. The van der Waals surface area contributed by atoms with E-state index in [2.05, 4.69) is 24.3 Å². The van der Waals surface area contributed by atoms with E-state index in [1.807, 2.05) is 24.3 Å². The van der Waals surface area contributed by atoms with Gasteiger partial charge in [0.25, 0.3) is 0 Å². The molecule has 0 saturated carbocycles. The van der Waals surface area contributed by atoms with Crippen LogP contribution in [-0.4, -0.2) is 30.7 Å². The number of hydrogen-bond acceptors (Lipinski definition) is 5. The van der Waals surface area contributed by atoms with Crippen molar-refractivity contribution in [2.24, 2.45) is 5.73 Å². The normalized spacial score (nSPS) is 13.0.